The number of carboxylic acids is 2. The number of nitrogens with zero attached hydrogens (tertiary/aromatic N) is 1. The first-order valence-corrected chi connectivity index (χ1v) is 14.5. The van der Waals surface area contributed by atoms with Gasteiger partial charge in [0.25, 0.3) is 0 Å². The third kappa shape index (κ3) is 10.9. The zero-order valence-corrected chi connectivity index (χ0v) is 24.0. The van der Waals surface area contributed by atoms with Crippen LogP contribution in [0.4, 0.5) is 0 Å². The van der Waals surface area contributed by atoms with Crippen molar-refractivity contribution in [3.05, 3.63) is 36.0 Å². The number of rotatable bonds is 18. The number of aliphatic imine (C=N–C) groups is 1. The SMILES string of the molecule is CSCC[C@H](N)C(=O)N[C@@H](CCCN=C(N)N)C(=O)N[C@@H](Cc1c[nH]c2ccccc12)C(=O)N[C@@H](CC(=O)O)C(=O)O. The molecule has 0 radical (unpaired) electrons. The molecule has 0 bridgehead atoms. The largest absolute Gasteiger partial charge is 0.481 e. The van der Waals surface area contributed by atoms with Crippen molar-refractivity contribution in [1.29, 1.82) is 0 Å². The van der Waals surface area contributed by atoms with E-state index in [1.807, 2.05) is 24.5 Å². The summed E-state index contributed by atoms with van der Waals surface area (Å²) in [5.74, 6) is -4.68. The van der Waals surface area contributed by atoms with Crippen molar-refractivity contribution in [3.8, 4) is 0 Å². The summed E-state index contributed by atoms with van der Waals surface area (Å²) in [5, 5.41) is 26.7. The number of hydrogen-bond acceptors (Lipinski definition) is 8. The molecule has 0 fully saturated rings. The minimum atomic E-state index is -1.73. The molecule has 0 aliphatic heterocycles. The van der Waals surface area contributed by atoms with Crippen molar-refractivity contribution in [2.75, 3.05) is 18.6 Å². The maximum absolute atomic E-state index is 13.5. The molecule has 2 rings (SSSR count). The number of para-hydroxylation sites is 1. The van der Waals surface area contributed by atoms with Gasteiger partial charge in [-0.1, -0.05) is 18.2 Å². The lowest BCUT2D eigenvalue weighted by Gasteiger charge is -2.25. The van der Waals surface area contributed by atoms with E-state index in [1.54, 1.807) is 12.3 Å². The molecule has 2 aromatic rings. The summed E-state index contributed by atoms with van der Waals surface area (Å²) in [4.78, 5) is 69.3. The van der Waals surface area contributed by atoms with Gasteiger partial charge in [-0.15, -0.1) is 0 Å². The zero-order chi connectivity index (χ0) is 31.2. The van der Waals surface area contributed by atoms with E-state index < -0.39 is 60.2 Å². The summed E-state index contributed by atoms with van der Waals surface area (Å²) < 4.78 is 0. The highest BCUT2D eigenvalue weighted by molar-refractivity contribution is 7.98. The standard InChI is InChI=1S/C26H38N8O7S/c1-42-10-8-16(27)22(37)32-18(7-4-9-30-26(28)29)23(38)33-19(24(39)34-20(25(40)41)12-21(35)36)11-14-13-31-17-6-3-2-5-15(14)17/h2-3,5-6,13,16,18-20,31H,4,7-12,27H2,1H3,(H,32,37)(H,33,38)(H,34,39)(H,35,36)(H,40,41)(H4,28,29,30)/t16-,18-,19-,20-/m0/s1. The first kappa shape index (κ1) is 33.9. The number of amides is 3. The van der Waals surface area contributed by atoms with Gasteiger partial charge in [0.2, 0.25) is 17.7 Å². The van der Waals surface area contributed by atoms with Gasteiger partial charge < -0.3 is 48.3 Å². The number of aliphatic carboxylic acids is 2. The van der Waals surface area contributed by atoms with Gasteiger partial charge >= 0.3 is 11.9 Å². The summed E-state index contributed by atoms with van der Waals surface area (Å²) >= 11 is 1.51. The number of fused-ring (bicyclic) bond motifs is 1. The van der Waals surface area contributed by atoms with Gasteiger partial charge in [0.05, 0.1) is 12.5 Å². The number of carbonyl (C=O) groups is 5. The molecule has 42 heavy (non-hydrogen) atoms. The highest BCUT2D eigenvalue weighted by Crippen LogP contribution is 2.19. The highest BCUT2D eigenvalue weighted by Gasteiger charge is 2.31. The molecule has 3 amide bonds. The number of H-pyrrole nitrogens is 1. The summed E-state index contributed by atoms with van der Waals surface area (Å²) in [7, 11) is 0. The van der Waals surface area contributed by atoms with Gasteiger partial charge in [-0.05, 0) is 42.9 Å². The normalized spacial score (nSPS) is 13.8. The van der Waals surface area contributed by atoms with Crippen LogP contribution in [0.25, 0.3) is 10.9 Å². The molecule has 15 nitrogen and oxygen atoms in total. The van der Waals surface area contributed by atoms with E-state index in [2.05, 4.69) is 25.9 Å². The third-order valence-electron chi connectivity index (χ3n) is 6.27. The van der Waals surface area contributed by atoms with Crippen LogP contribution >= 0.6 is 11.8 Å². The second-order valence-electron chi connectivity index (χ2n) is 9.52. The van der Waals surface area contributed by atoms with Gasteiger partial charge in [-0.3, -0.25) is 24.2 Å². The van der Waals surface area contributed by atoms with E-state index >= 15 is 0 Å². The number of aromatic amines is 1. The summed E-state index contributed by atoms with van der Waals surface area (Å²) in [6, 6.07) is 2.19. The molecule has 16 heteroatoms. The molecule has 1 aromatic carbocycles. The van der Waals surface area contributed by atoms with E-state index in [-0.39, 0.29) is 25.3 Å². The van der Waals surface area contributed by atoms with Crippen LogP contribution in [-0.4, -0.2) is 93.5 Å². The number of carbonyl (C=O) groups excluding carboxylic acids is 3. The minimum Gasteiger partial charge on any atom is -0.481 e. The molecule has 1 aromatic heterocycles. The van der Waals surface area contributed by atoms with Crippen LogP contribution in [-0.2, 0) is 30.4 Å². The summed E-state index contributed by atoms with van der Waals surface area (Å²) in [6.45, 7) is 0.176. The Morgan fingerprint density at radius 3 is 2.24 bits per heavy atom. The van der Waals surface area contributed by atoms with Crippen LogP contribution in [0, 0.1) is 0 Å². The van der Waals surface area contributed by atoms with Gasteiger partial charge in [0.1, 0.15) is 18.1 Å². The smallest absolute Gasteiger partial charge is 0.326 e. The summed E-state index contributed by atoms with van der Waals surface area (Å²) in [6.07, 6.45) is 3.37. The molecule has 0 spiro atoms. The average Bonchev–Trinajstić information content (AvgIpc) is 3.34. The van der Waals surface area contributed by atoms with E-state index in [1.165, 1.54) is 11.8 Å². The van der Waals surface area contributed by atoms with Gasteiger partial charge in [0, 0.05) is 30.1 Å². The maximum atomic E-state index is 13.5. The Labute approximate surface area is 246 Å². The Morgan fingerprint density at radius 2 is 1.60 bits per heavy atom. The number of nitrogens with two attached hydrogens (primary N) is 3. The second-order valence-corrected chi connectivity index (χ2v) is 10.5. The number of nitrogens with one attached hydrogen (secondary N) is 4. The van der Waals surface area contributed by atoms with Crippen molar-refractivity contribution in [2.45, 2.75) is 56.3 Å². The number of benzene rings is 1. The predicted octanol–water partition coefficient (Wildman–Crippen LogP) is -1.14. The monoisotopic (exact) mass is 606 g/mol. The van der Waals surface area contributed by atoms with Crippen LogP contribution in [0.15, 0.2) is 35.5 Å². The van der Waals surface area contributed by atoms with Crippen LogP contribution in [0.2, 0.25) is 0 Å². The maximum Gasteiger partial charge on any atom is 0.326 e. The van der Waals surface area contributed by atoms with Crippen molar-refractivity contribution in [2.24, 2.45) is 22.2 Å². The molecular weight excluding hydrogens is 568 g/mol. The molecule has 4 atom stereocenters. The molecule has 0 saturated carbocycles. The number of guanidine groups is 1. The molecule has 12 N–H and O–H groups in total. The molecule has 0 aliphatic rings. The Bertz CT molecular complexity index is 1280. The highest BCUT2D eigenvalue weighted by atomic mass is 32.2. The average molecular weight is 607 g/mol. The first-order valence-electron chi connectivity index (χ1n) is 13.1. The summed E-state index contributed by atoms with van der Waals surface area (Å²) in [5.41, 5.74) is 18.1. The molecule has 230 valence electrons. The number of thioether (sulfide) groups is 1. The lowest BCUT2D eigenvalue weighted by atomic mass is 10.0. The van der Waals surface area contributed by atoms with Crippen molar-refractivity contribution >= 4 is 58.3 Å². The van der Waals surface area contributed by atoms with E-state index in [4.69, 9.17) is 22.3 Å². The quantitative estimate of drug-likeness (QED) is 0.0556. The second kappa shape index (κ2) is 16.8. The molecule has 0 saturated heterocycles. The van der Waals surface area contributed by atoms with E-state index in [0.717, 1.165) is 10.9 Å². The van der Waals surface area contributed by atoms with Crippen molar-refractivity contribution in [1.82, 2.24) is 20.9 Å². The molecule has 0 aliphatic carbocycles. The van der Waals surface area contributed by atoms with Gasteiger partial charge in [-0.25, -0.2) is 4.79 Å². The van der Waals surface area contributed by atoms with E-state index in [9.17, 15) is 29.1 Å². The Morgan fingerprint density at radius 1 is 0.952 bits per heavy atom. The van der Waals surface area contributed by atoms with Crippen molar-refractivity contribution in [3.63, 3.8) is 0 Å². The van der Waals surface area contributed by atoms with Crippen LogP contribution < -0.4 is 33.2 Å². The Kier molecular flexibility index (Phi) is 13.6. The Hall–Kier alpha value is -4.31. The predicted molar refractivity (Wildman–Crippen MR) is 159 cm³/mol. The lowest BCUT2D eigenvalue weighted by molar-refractivity contribution is -0.147. The number of aromatic nitrogens is 1. The van der Waals surface area contributed by atoms with E-state index in [0.29, 0.717) is 24.2 Å². The van der Waals surface area contributed by atoms with Crippen molar-refractivity contribution < 1.29 is 34.2 Å². The fourth-order valence-corrected chi connectivity index (χ4v) is 4.57. The molecule has 0 unspecified atom stereocenters. The molecular formula is C26H38N8O7S. The number of hydrogen-bond donors (Lipinski definition) is 9. The van der Waals surface area contributed by atoms with Gasteiger partial charge in [-0.2, -0.15) is 11.8 Å². The first-order chi connectivity index (χ1) is 19.9. The minimum absolute atomic E-state index is 0.0666. The lowest BCUT2D eigenvalue weighted by Crippen LogP contribution is -2.57. The fraction of sp³-hybridized carbons (Fsp3) is 0.462. The topological polar surface area (TPSA) is 268 Å². The zero-order valence-electron chi connectivity index (χ0n) is 23.2. The van der Waals surface area contributed by atoms with Gasteiger partial charge in [0.15, 0.2) is 5.96 Å². The Balaban J connectivity index is 2.33. The van der Waals surface area contributed by atoms with Crippen LogP contribution in [0.1, 0.15) is 31.2 Å². The number of carboxylic acid groups (broad SMARTS) is 2. The third-order valence-corrected chi connectivity index (χ3v) is 6.92. The van der Waals surface area contributed by atoms with Crippen LogP contribution in [0.5, 0.6) is 0 Å². The fourth-order valence-electron chi connectivity index (χ4n) is 4.08. The molecule has 1 heterocycles. The van der Waals surface area contributed by atoms with Crippen LogP contribution in [0.3, 0.4) is 0 Å².